The summed E-state index contributed by atoms with van der Waals surface area (Å²) in [6.07, 6.45) is 1.71. The van der Waals surface area contributed by atoms with Crippen LogP contribution in [0.2, 0.25) is 5.15 Å². The molecule has 0 unspecified atom stereocenters. The van der Waals surface area contributed by atoms with Crippen molar-refractivity contribution in [3.63, 3.8) is 0 Å². The molecule has 2 heterocycles. The summed E-state index contributed by atoms with van der Waals surface area (Å²) >= 11 is 11.5. The van der Waals surface area contributed by atoms with E-state index >= 15 is 0 Å². The van der Waals surface area contributed by atoms with Crippen LogP contribution in [0, 0.1) is 5.41 Å². The molecule has 0 atom stereocenters. The quantitative estimate of drug-likeness (QED) is 0.639. The molecule has 4 nitrogen and oxygen atoms in total. The van der Waals surface area contributed by atoms with E-state index in [0.29, 0.717) is 24.2 Å². The molecule has 1 aromatic heterocycles. The van der Waals surface area contributed by atoms with E-state index in [9.17, 15) is 0 Å². The summed E-state index contributed by atoms with van der Waals surface area (Å²) in [7, 11) is 0. The smallest absolute Gasteiger partial charge is 0.209 e. The Morgan fingerprint density at radius 1 is 1.40 bits per heavy atom. The van der Waals surface area contributed by atoms with Crippen molar-refractivity contribution in [1.29, 1.82) is 5.41 Å². The van der Waals surface area contributed by atoms with Gasteiger partial charge in [-0.3, -0.25) is 9.83 Å². The Morgan fingerprint density at radius 3 is 2.73 bits per heavy atom. The molecule has 1 saturated heterocycles. The summed E-state index contributed by atoms with van der Waals surface area (Å²) in [5.74, 6) is 0.339. The Labute approximate surface area is 98.0 Å². The minimum absolute atomic E-state index is 0.339. The van der Waals surface area contributed by atoms with Crippen LogP contribution in [0.15, 0.2) is 18.3 Å². The summed E-state index contributed by atoms with van der Waals surface area (Å²) < 4.78 is 1.41. The predicted octanol–water partition coefficient (Wildman–Crippen LogP) is 1.94. The Hall–Kier alpha value is -1.00. The van der Waals surface area contributed by atoms with E-state index in [1.54, 1.807) is 12.3 Å². The Bertz CT molecular complexity index is 365. The van der Waals surface area contributed by atoms with Gasteiger partial charge in [-0.1, -0.05) is 17.7 Å². The SMILES string of the molecule is N=C1N(Cl)CCN1Cc1ccc(Cl)nc1. The third-order valence-corrected chi connectivity index (χ3v) is 2.81. The minimum Gasteiger partial charge on any atom is -0.336 e. The lowest BCUT2D eigenvalue weighted by Crippen LogP contribution is -2.27. The van der Waals surface area contributed by atoms with Crippen LogP contribution in [0.25, 0.3) is 0 Å². The standard InChI is InChI=1S/C9H10Cl2N4/c10-8-2-1-7(5-13-8)6-14-3-4-15(11)9(14)12/h1-2,5,12H,3-4,6H2. The van der Waals surface area contributed by atoms with E-state index in [2.05, 4.69) is 4.98 Å². The normalized spacial score (nSPS) is 16.3. The van der Waals surface area contributed by atoms with E-state index in [-0.39, 0.29) is 0 Å². The van der Waals surface area contributed by atoms with Gasteiger partial charge in [-0.15, -0.1) is 0 Å². The van der Waals surface area contributed by atoms with Gasteiger partial charge in [0.05, 0.1) is 6.54 Å². The first-order chi connectivity index (χ1) is 7.16. The highest BCUT2D eigenvalue weighted by molar-refractivity contribution is 6.29. The molecule has 0 radical (unpaired) electrons. The monoisotopic (exact) mass is 244 g/mol. The fourth-order valence-corrected chi connectivity index (χ4v) is 1.74. The van der Waals surface area contributed by atoms with Crippen molar-refractivity contribution in [1.82, 2.24) is 14.3 Å². The molecular formula is C9H10Cl2N4. The molecule has 0 aliphatic carbocycles. The van der Waals surface area contributed by atoms with Crippen molar-refractivity contribution in [2.24, 2.45) is 0 Å². The van der Waals surface area contributed by atoms with E-state index in [1.807, 2.05) is 11.0 Å². The van der Waals surface area contributed by atoms with Crippen LogP contribution in [0.5, 0.6) is 0 Å². The number of halogens is 2. The van der Waals surface area contributed by atoms with Crippen LogP contribution >= 0.6 is 23.4 Å². The third-order valence-electron chi connectivity index (χ3n) is 2.26. The number of hydrogen-bond donors (Lipinski definition) is 1. The van der Waals surface area contributed by atoms with Crippen molar-refractivity contribution in [3.05, 3.63) is 29.0 Å². The lowest BCUT2D eigenvalue weighted by Gasteiger charge is -2.17. The van der Waals surface area contributed by atoms with E-state index in [1.165, 1.54) is 4.42 Å². The first-order valence-corrected chi connectivity index (χ1v) is 5.25. The Kier molecular flexibility index (Phi) is 2.98. The zero-order chi connectivity index (χ0) is 10.8. The van der Waals surface area contributed by atoms with Crippen LogP contribution in [0.1, 0.15) is 5.56 Å². The van der Waals surface area contributed by atoms with Gasteiger partial charge in [0.2, 0.25) is 5.96 Å². The average Bonchev–Trinajstić information content (AvgIpc) is 2.53. The van der Waals surface area contributed by atoms with Gasteiger partial charge in [0.15, 0.2) is 0 Å². The van der Waals surface area contributed by atoms with Gasteiger partial charge in [-0.05, 0) is 11.6 Å². The molecule has 2 rings (SSSR count). The third kappa shape index (κ3) is 2.33. The lowest BCUT2D eigenvalue weighted by molar-refractivity contribution is 0.454. The van der Waals surface area contributed by atoms with Gasteiger partial charge in [0, 0.05) is 31.1 Å². The largest absolute Gasteiger partial charge is 0.336 e. The van der Waals surface area contributed by atoms with Crippen molar-refractivity contribution in [2.45, 2.75) is 6.54 Å². The highest BCUT2D eigenvalue weighted by Crippen LogP contribution is 2.14. The number of nitrogens with zero attached hydrogens (tertiary/aromatic N) is 3. The van der Waals surface area contributed by atoms with Crippen molar-refractivity contribution >= 4 is 29.3 Å². The van der Waals surface area contributed by atoms with Crippen molar-refractivity contribution in [2.75, 3.05) is 13.1 Å². The summed E-state index contributed by atoms with van der Waals surface area (Å²) in [6, 6.07) is 3.65. The lowest BCUT2D eigenvalue weighted by atomic mass is 10.3. The molecule has 0 aromatic carbocycles. The second kappa shape index (κ2) is 4.24. The van der Waals surface area contributed by atoms with Gasteiger partial charge < -0.3 is 4.90 Å². The van der Waals surface area contributed by atoms with Crippen molar-refractivity contribution in [3.8, 4) is 0 Å². The highest BCUT2D eigenvalue weighted by Gasteiger charge is 2.23. The molecule has 0 bridgehead atoms. The van der Waals surface area contributed by atoms with Crippen LogP contribution in [0.4, 0.5) is 0 Å². The first-order valence-electron chi connectivity index (χ1n) is 4.54. The molecule has 15 heavy (non-hydrogen) atoms. The van der Waals surface area contributed by atoms with Crippen molar-refractivity contribution < 1.29 is 0 Å². The maximum absolute atomic E-state index is 7.68. The number of hydrogen-bond acceptors (Lipinski definition) is 2. The Morgan fingerprint density at radius 2 is 2.20 bits per heavy atom. The minimum atomic E-state index is 0.339. The summed E-state index contributed by atoms with van der Waals surface area (Å²) in [5.41, 5.74) is 1.02. The van der Waals surface area contributed by atoms with E-state index in [4.69, 9.17) is 28.8 Å². The summed E-state index contributed by atoms with van der Waals surface area (Å²) in [6.45, 7) is 2.10. The fraction of sp³-hybridized carbons (Fsp3) is 0.333. The van der Waals surface area contributed by atoms with E-state index < -0.39 is 0 Å². The summed E-state index contributed by atoms with van der Waals surface area (Å²) in [5, 5.41) is 8.16. The van der Waals surface area contributed by atoms with Gasteiger partial charge in [0.25, 0.3) is 0 Å². The molecule has 0 amide bonds. The molecule has 0 saturated carbocycles. The van der Waals surface area contributed by atoms with Crippen LogP contribution in [0.3, 0.4) is 0 Å². The first kappa shape index (κ1) is 10.5. The molecule has 1 aliphatic rings. The molecule has 1 aromatic rings. The molecule has 1 fully saturated rings. The van der Waals surface area contributed by atoms with Gasteiger partial charge >= 0.3 is 0 Å². The highest BCUT2D eigenvalue weighted by atomic mass is 35.5. The molecule has 0 spiro atoms. The molecule has 80 valence electrons. The van der Waals surface area contributed by atoms with Crippen LogP contribution in [-0.2, 0) is 6.54 Å². The number of rotatable bonds is 2. The molecular weight excluding hydrogens is 235 g/mol. The van der Waals surface area contributed by atoms with E-state index in [0.717, 1.165) is 12.1 Å². The number of guanidine groups is 1. The average molecular weight is 245 g/mol. The molecule has 1 aliphatic heterocycles. The number of nitrogens with one attached hydrogen (secondary N) is 1. The van der Waals surface area contributed by atoms with Crippen LogP contribution in [-0.4, -0.2) is 33.4 Å². The van der Waals surface area contributed by atoms with Gasteiger partial charge in [-0.25, -0.2) is 4.98 Å². The zero-order valence-electron chi connectivity index (χ0n) is 7.95. The zero-order valence-corrected chi connectivity index (χ0v) is 9.46. The van der Waals surface area contributed by atoms with Gasteiger partial charge in [-0.2, -0.15) is 0 Å². The Balaban J connectivity index is 2.03. The summed E-state index contributed by atoms with van der Waals surface area (Å²) in [4.78, 5) is 5.87. The number of pyridine rings is 1. The number of aromatic nitrogens is 1. The van der Waals surface area contributed by atoms with Crippen LogP contribution < -0.4 is 0 Å². The van der Waals surface area contributed by atoms with Gasteiger partial charge in [0.1, 0.15) is 5.15 Å². The maximum atomic E-state index is 7.68. The predicted molar refractivity (Wildman–Crippen MR) is 59.9 cm³/mol. The maximum Gasteiger partial charge on any atom is 0.209 e. The topological polar surface area (TPSA) is 43.2 Å². The second-order valence-corrected chi connectivity index (χ2v) is 4.12. The molecule has 1 N–H and O–H groups in total. The second-order valence-electron chi connectivity index (χ2n) is 3.32. The fourth-order valence-electron chi connectivity index (χ4n) is 1.45. The molecule has 6 heteroatoms.